The van der Waals surface area contributed by atoms with E-state index >= 15 is 0 Å². The SMILES string of the molecule is NCCc1ccc(CNC(=O)C2CCCOC2)cc1. The first-order valence-corrected chi connectivity index (χ1v) is 6.93. The molecule has 1 amide bonds. The van der Waals surface area contributed by atoms with E-state index in [9.17, 15) is 4.79 Å². The van der Waals surface area contributed by atoms with Gasteiger partial charge in [0.05, 0.1) is 12.5 Å². The van der Waals surface area contributed by atoms with Gasteiger partial charge in [-0.3, -0.25) is 4.79 Å². The second-order valence-electron chi connectivity index (χ2n) is 4.99. The van der Waals surface area contributed by atoms with Crippen LogP contribution in [-0.2, 0) is 22.5 Å². The van der Waals surface area contributed by atoms with Crippen LogP contribution < -0.4 is 11.1 Å². The maximum atomic E-state index is 11.9. The van der Waals surface area contributed by atoms with Gasteiger partial charge in [0.15, 0.2) is 0 Å². The van der Waals surface area contributed by atoms with Crippen LogP contribution in [0.4, 0.5) is 0 Å². The molecule has 1 fully saturated rings. The summed E-state index contributed by atoms with van der Waals surface area (Å²) in [6.45, 7) is 2.59. The second-order valence-corrected chi connectivity index (χ2v) is 4.99. The van der Waals surface area contributed by atoms with Gasteiger partial charge in [-0.1, -0.05) is 24.3 Å². The maximum absolute atomic E-state index is 11.9. The normalized spacial score (nSPS) is 19.1. The molecule has 0 aliphatic carbocycles. The smallest absolute Gasteiger partial charge is 0.225 e. The molecule has 0 radical (unpaired) electrons. The summed E-state index contributed by atoms with van der Waals surface area (Å²) < 4.78 is 5.33. The van der Waals surface area contributed by atoms with Crippen molar-refractivity contribution in [3.8, 4) is 0 Å². The van der Waals surface area contributed by atoms with Gasteiger partial charge in [-0.15, -0.1) is 0 Å². The Hall–Kier alpha value is -1.39. The van der Waals surface area contributed by atoms with Gasteiger partial charge in [0.2, 0.25) is 5.91 Å². The molecule has 19 heavy (non-hydrogen) atoms. The molecule has 1 unspecified atom stereocenters. The molecule has 4 nitrogen and oxygen atoms in total. The average Bonchev–Trinajstić information content (AvgIpc) is 2.47. The van der Waals surface area contributed by atoms with Crippen LogP contribution >= 0.6 is 0 Å². The summed E-state index contributed by atoms with van der Waals surface area (Å²) in [5, 5.41) is 2.98. The van der Waals surface area contributed by atoms with Crippen molar-refractivity contribution in [1.29, 1.82) is 0 Å². The minimum absolute atomic E-state index is 0.0188. The van der Waals surface area contributed by atoms with Crippen molar-refractivity contribution in [3.63, 3.8) is 0 Å². The lowest BCUT2D eigenvalue weighted by molar-refractivity contribution is -0.129. The standard InChI is InChI=1S/C15H22N2O2/c16-8-7-12-3-5-13(6-4-12)10-17-15(18)14-2-1-9-19-11-14/h3-6,14H,1-2,7-11,16H2,(H,17,18). The fourth-order valence-corrected chi connectivity index (χ4v) is 2.27. The molecule has 0 bridgehead atoms. The summed E-state index contributed by atoms with van der Waals surface area (Å²) in [5.74, 6) is 0.121. The van der Waals surface area contributed by atoms with Crippen molar-refractivity contribution in [2.45, 2.75) is 25.8 Å². The lowest BCUT2D eigenvalue weighted by atomic mass is 10.0. The number of carbonyl (C=O) groups is 1. The van der Waals surface area contributed by atoms with Crippen molar-refractivity contribution < 1.29 is 9.53 Å². The van der Waals surface area contributed by atoms with E-state index in [0.29, 0.717) is 19.7 Å². The van der Waals surface area contributed by atoms with Crippen molar-refractivity contribution in [3.05, 3.63) is 35.4 Å². The Kier molecular flexibility index (Phi) is 5.36. The number of ether oxygens (including phenoxy) is 1. The molecule has 1 saturated heterocycles. The number of rotatable bonds is 5. The number of nitrogens with one attached hydrogen (secondary N) is 1. The lowest BCUT2D eigenvalue weighted by Gasteiger charge is -2.21. The van der Waals surface area contributed by atoms with Gasteiger partial charge in [0.1, 0.15) is 0 Å². The molecule has 2 rings (SSSR count). The molecule has 1 atom stereocenters. The molecule has 104 valence electrons. The number of hydrogen-bond acceptors (Lipinski definition) is 3. The zero-order chi connectivity index (χ0) is 13.5. The number of carbonyl (C=O) groups excluding carboxylic acids is 1. The number of benzene rings is 1. The molecule has 0 saturated carbocycles. The molecule has 1 heterocycles. The Bertz CT molecular complexity index is 397. The van der Waals surface area contributed by atoms with E-state index < -0.39 is 0 Å². The fourth-order valence-electron chi connectivity index (χ4n) is 2.27. The van der Waals surface area contributed by atoms with Gasteiger partial charge in [-0.2, -0.15) is 0 Å². The molecule has 1 aromatic rings. The van der Waals surface area contributed by atoms with E-state index in [1.807, 2.05) is 12.1 Å². The number of nitrogens with two attached hydrogens (primary N) is 1. The van der Waals surface area contributed by atoms with Gasteiger partial charge in [-0.05, 0) is 36.9 Å². The van der Waals surface area contributed by atoms with Crippen molar-refractivity contribution in [2.75, 3.05) is 19.8 Å². The van der Waals surface area contributed by atoms with Crippen LogP contribution in [0.15, 0.2) is 24.3 Å². The van der Waals surface area contributed by atoms with Gasteiger partial charge >= 0.3 is 0 Å². The molecule has 1 aliphatic rings. The Morgan fingerprint density at radius 3 is 2.68 bits per heavy atom. The Morgan fingerprint density at radius 2 is 2.05 bits per heavy atom. The molecule has 1 aromatic carbocycles. The predicted molar refractivity (Wildman–Crippen MR) is 74.6 cm³/mol. The maximum Gasteiger partial charge on any atom is 0.225 e. The summed E-state index contributed by atoms with van der Waals surface area (Å²) >= 11 is 0. The minimum atomic E-state index is 0.0188. The van der Waals surface area contributed by atoms with Crippen molar-refractivity contribution in [1.82, 2.24) is 5.32 Å². The molecule has 3 N–H and O–H groups in total. The fraction of sp³-hybridized carbons (Fsp3) is 0.533. The highest BCUT2D eigenvalue weighted by Gasteiger charge is 2.21. The largest absolute Gasteiger partial charge is 0.381 e. The van der Waals surface area contributed by atoms with E-state index in [0.717, 1.165) is 31.4 Å². The highest BCUT2D eigenvalue weighted by atomic mass is 16.5. The Labute approximate surface area is 114 Å². The van der Waals surface area contributed by atoms with E-state index in [-0.39, 0.29) is 11.8 Å². The van der Waals surface area contributed by atoms with Crippen LogP contribution in [0.25, 0.3) is 0 Å². The summed E-state index contributed by atoms with van der Waals surface area (Å²) in [6.07, 6.45) is 2.80. The highest BCUT2D eigenvalue weighted by molar-refractivity contribution is 5.78. The Balaban J connectivity index is 1.79. The van der Waals surface area contributed by atoms with E-state index in [1.165, 1.54) is 5.56 Å². The first kappa shape index (κ1) is 14.0. The monoisotopic (exact) mass is 262 g/mol. The van der Waals surface area contributed by atoms with Crippen LogP contribution in [0.1, 0.15) is 24.0 Å². The quantitative estimate of drug-likeness (QED) is 0.839. The van der Waals surface area contributed by atoms with E-state index in [1.54, 1.807) is 0 Å². The Morgan fingerprint density at radius 1 is 1.32 bits per heavy atom. The van der Waals surface area contributed by atoms with Gasteiger partial charge in [0.25, 0.3) is 0 Å². The highest BCUT2D eigenvalue weighted by Crippen LogP contribution is 2.13. The summed E-state index contributed by atoms with van der Waals surface area (Å²) in [6, 6.07) is 8.22. The molecular weight excluding hydrogens is 240 g/mol. The van der Waals surface area contributed by atoms with Crippen LogP contribution in [0.5, 0.6) is 0 Å². The van der Waals surface area contributed by atoms with Crippen molar-refractivity contribution in [2.24, 2.45) is 11.7 Å². The second kappa shape index (κ2) is 7.26. The van der Waals surface area contributed by atoms with E-state index in [2.05, 4.69) is 17.4 Å². The third-order valence-corrected chi connectivity index (χ3v) is 3.45. The van der Waals surface area contributed by atoms with Crippen molar-refractivity contribution >= 4 is 5.91 Å². The lowest BCUT2D eigenvalue weighted by Crippen LogP contribution is -2.35. The molecule has 0 spiro atoms. The first-order valence-electron chi connectivity index (χ1n) is 6.93. The van der Waals surface area contributed by atoms with Gasteiger partial charge in [0, 0.05) is 13.2 Å². The number of hydrogen-bond donors (Lipinski definition) is 2. The molecule has 0 aromatic heterocycles. The third-order valence-electron chi connectivity index (χ3n) is 3.45. The number of amides is 1. The van der Waals surface area contributed by atoms with Crippen LogP contribution in [-0.4, -0.2) is 25.7 Å². The summed E-state index contributed by atoms with van der Waals surface area (Å²) in [7, 11) is 0. The predicted octanol–water partition coefficient (Wildman–Crippen LogP) is 1.23. The third kappa shape index (κ3) is 4.33. The minimum Gasteiger partial charge on any atom is -0.381 e. The zero-order valence-corrected chi connectivity index (χ0v) is 11.2. The topological polar surface area (TPSA) is 64.3 Å². The van der Waals surface area contributed by atoms with Crippen LogP contribution in [0.2, 0.25) is 0 Å². The molecular formula is C15H22N2O2. The van der Waals surface area contributed by atoms with Crippen LogP contribution in [0, 0.1) is 5.92 Å². The zero-order valence-electron chi connectivity index (χ0n) is 11.2. The first-order chi connectivity index (χ1) is 9.29. The average molecular weight is 262 g/mol. The molecule has 4 heteroatoms. The van der Waals surface area contributed by atoms with E-state index in [4.69, 9.17) is 10.5 Å². The van der Waals surface area contributed by atoms with Crippen LogP contribution in [0.3, 0.4) is 0 Å². The summed E-state index contributed by atoms with van der Waals surface area (Å²) in [5.41, 5.74) is 7.86. The van der Waals surface area contributed by atoms with Gasteiger partial charge < -0.3 is 15.8 Å². The molecule has 1 aliphatic heterocycles. The summed E-state index contributed by atoms with van der Waals surface area (Å²) in [4.78, 5) is 11.9. The van der Waals surface area contributed by atoms with Gasteiger partial charge in [-0.25, -0.2) is 0 Å².